The summed E-state index contributed by atoms with van der Waals surface area (Å²) in [5.74, 6) is 0. The van der Waals surface area contributed by atoms with Crippen molar-refractivity contribution in [1.82, 2.24) is 4.31 Å². The molecule has 2 aliphatic heterocycles. The van der Waals surface area contributed by atoms with Crippen LogP contribution in [0.3, 0.4) is 0 Å². The number of sulfonamides is 1. The fourth-order valence-corrected chi connectivity index (χ4v) is 5.68. The molecule has 0 saturated carbocycles. The van der Waals surface area contributed by atoms with Crippen molar-refractivity contribution in [3.63, 3.8) is 0 Å². The second-order valence-corrected chi connectivity index (χ2v) is 9.84. The van der Waals surface area contributed by atoms with Gasteiger partial charge in [-0.05, 0) is 43.0 Å². The molecule has 2 saturated heterocycles. The van der Waals surface area contributed by atoms with E-state index in [4.69, 9.17) is 4.74 Å². The molecule has 6 nitrogen and oxygen atoms in total. The number of hydrogen-bond donors (Lipinski definition) is 1. The van der Waals surface area contributed by atoms with Crippen LogP contribution >= 0.6 is 0 Å². The normalized spacial score (nSPS) is 18.3. The van der Waals surface area contributed by atoms with E-state index in [0.29, 0.717) is 31.2 Å². The molecule has 2 aromatic rings. The Hall–Kier alpha value is -2.09. The Bertz CT molecular complexity index is 922. The molecule has 0 spiro atoms. The molecule has 2 aromatic carbocycles. The number of ether oxygens (including phenoxy) is 1. The van der Waals surface area contributed by atoms with Gasteiger partial charge in [0, 0.05) is 32.7 Å². The Morgan fingerprint density at radius 2 is 1.63 bits per heavy atom. The summed E-state index contributed by atoms with van der Waals surface area (Å²) in [5, 5.41) is 3.51. The average molecular weight is 430 g/mol. The van der Waals surface area contributed by atoms with Gasteiger partial charge in [0.15, 0.2) is 0 Å². The van der Waals surface area contributed by atoms with Crippen LogP contribution in [0, 0.1) is 0 Å². The highest BCUT2D eigenvalue weighted by atomic mass is 32.2. The average Bonchev–Trinajstić information content (AvgIpc) is 2.81. The van der Waals surface area contributed by atoms with Crippen molar-refractivity contribution < 1.29 is 13.2 Å². The van der Waals surface area contributed by atoms with Crippen LogP contribution in [0.5, 0.6) is 0 Å². The summed E-state index contributed by atoms with van der Waals surface area (Å²) in [6, 6.07) is 15.9. The largest absolute Gasteiger partial charge is 0.383 e. The second-order valence-electron chi connectivity index (χ2n) is 7.91. The van der Waals surface area contributed by atoms with Crippen LogP contribution in [0.25, 0.3) is 0 Å². The molecule has 1 N–H and O–H groups in total. The van der Waals surface area contributed by atoms with Crippen molar-refractivity contribution in [1.29, 1.82) is 0 Å². The summed E-state index contributed by atoms with van der Waals surface area (Å²) in [6.07, 6.45) is 3.86. The van der Waals surface area contributed by atoms with Crippen LogP contribution in [0.2, 0.25) is 0 Å². The van der Waals surface area contributed by atoms with Crippen molar-refractivity contribution in [3.05, 3.63) is 54.1 Å². The van der Waals surface area contributed by atoms with Crippen molar-refractivity contribution >= 4 is 21.4 Å². The van der Waals surface area contributed by atoms with Crippen molar-refractivity contribution in [3.8, 4) is 0 Å². The Balaban J connectivity index is 1.57. The summed E-state index contributed by atoms with van der Waals surface area (Å²) in [5.41, 5.74) is 3.19. The van der Waals surface area contributed by atoms with E-state index in [1.54, 1.807) is 10.4 Å². The summed E-state index contributed by atoms with van der Waals surface area (Å²) in [7, 11) is -3.46. The molecule has 0 radical (unpaired) electrons. The van der Waals surface area contributed by atoms with E-state index in [1.165, 1.54) is 5.56 Å². The molecule has 30 heavy (non-hydrogen) atoms. The monoisotopic (exact) mass is 429 g/mol. The maximum Gasteiger partial charge on any atom is 0.243 e. The lowest BCUT2D eigenvalue weighted by Gasteiger charge is -2.31. The number of nitrogens with zero attached hydrogens (tertiary/aromatic N) is 2. The highest BCUT2D eigenvalue weighted by Gasteiger charge is 2.27. The van der Waals surface area contributed by atoms with Crippen LogP contribution in [-0.2, 0) is 21.2 Å². The number of nitrogens with one attached hydrogen (secondary N) is 1. The van der Waals surface area contributed by atoms with Gasteiger partial charge >= 0.3 is 0 Å². The van der Waals surface area contributed by atoms with Crippen molar-refractivity contribution in [2.24, 2.45) is 0 Å². The minimum Gasteiger partial charge on any atom is -0.383 e. The summed E-state index contributed by atoms with van der Waals surface area (Å²) in [6.45, 7) is 4.98. The standard InChI is InChI=1S/C23H31N3O3S/c27-30(28,26-13-5-2-6-14-26)21-9-10-23(25-15-17-29-18-16-25)22(19-21)24-12-11-20-7-3-1-4-8-20/h1,3-4,7-10,19,24H,2,5-6,11-18H2. The van der Waals surface area contributed by atoms with Gasteiger partial charge in [0.1, 0.15) is 0 Å². The van der Waals surface area contributed by atoms with Gasteiger partial charge in [-0.1, -0.05) is 36.8 Å². The molecular formula is C23H31N3O3S. The summed E-state index contributed by atoms with van der Waals surface area (Å²) < 4.78 is 33.5. The second kappa shape index (κ2) is 9.81. The Labute approximate surface area is 179 Å². The molecule has 0 bridgehead atoms. The zero-order chi connectivity index (χ0) is 20.8. The third-order valence-electron chi connectivity index (χ3n) is 5.84. The summed E-state index contributed by atoms with van der Waals surface area (Å²) >= 11 is 0. The van der Waals surface area contributed by atoms with E-state index in [1.807, 2.05) is 30.3 Å². The van der Waals surface area contributed by atoms with Gasteiger partial charge in [0.05, 0.1) is 29.5 Å². The number of hydrogen-bond acceptors (Lipinski definition) is 5. The molecule has 4 rings (SSSR count). The van der Waals surface area contributed by atoms with Gasteiger partial charge < -0.3 is 15.0 Å². The lowest BCUT2D eigenvalue weighted by atomic mass is 10.1. The first-order chi connectivity index (χ1) is 14.6. The van der Waals surface area contributed by atoms with Gasteiger partial charge in [-0.25, -0.2) is 8.42 Å². The van der Waals surface area contributed by atoms with E-state index in [0.717, 1.165) is 56.7 Å². The third kappa shape index (κ3) is 4.96. The third-order valence-corrected chi connectivity index (χ3v) is 7.74. The molecule has 2 heterocycles. The molecule has 0 aliphatic carbocycles. The number of anilines is 2. The minimum atomic E-state index is -3.46. The highest BCUT2D eigenvalue weighted by Crippen LogP contribution is 2.31. The van der Waals surface area contributed by atoms with Gasteiger partial charge in [-0.15, -0.1) is 0 Å². The van der Waals surface area contributed by atoms with E-state index < -0.39 is 10.0 Å². The van der Waals surface area contributed by atoms with Gasteiger partial charge in [-0.3, -0.25) is 0 Å². The lowest BCUT2D eigenvalue weighted by molar-refractivity contribution is 0.123. The fraction of sp³-hybridized carbons (Fsp3) is 0.478. The zero-order valence-corrected chi connectivity index (χ0v) is 18.2. The maximum atomic E-state index is 13.2. The SMILES string of the molecule is O=S(=O)(c1ccc(N2CCOCC2)c(NCCc2ccccc2)c1)N1CCCCC1. The molecular weight excluding hydrogens is 398 g/mol. The first-order valence-electron chi connectivity index (χ1n) is 10.9. The van der Waals surface area contributed by atoms with Crippen LogP contribution in [0.4, 0.5) is 11.4 Å². The van der Waals surface area contributed by atoms with E-state index >= 15 is 0 Å². The van der Waals surface area contributed by atoms with Crippen LogP contribution in [0.15, 0.2) is 53.4 Å². The van der Waals surface area contributed by atoms with Crippen molar-refractivity contribution in [2.75, 3.05) is 56.2 Å². The molecule has 0 atom stereocenters. The quantitative estimate of drug-likeness (QED) is 0.731. The topological polar surface area (TPSA) is 61.9 Å². The minimum absolute atomic E-state index is 0.378. The Kier molecular flexibility index (Phi) is 6.92. The van der Waals surface area contributed by atoms with Crippen molar-refractivity contribution in [2.45, 2.75) is 30.6 Å². The zero-order valence-electron chi connectivity index (χ0n) is 17.4. The first-order valence-corrected chi connectivity index (χ1v) is 12.3. The van der Waals surface area contributed by atoms with E-state index in [-0.39, 0.29) is 0 Å². The van der Waals surface area contributed by atoms with Gasteiger partial charge in [0.2, 0.25) is 10.0 Å². The highest BCUT2D eigenvalue weighted by molar-refractivity contribution is 7.89. The molecule has 0 aromatic heterocycles. The predicted octanol–water partition coefficient (Wildman–Crippen LogP) is 3.35. The molecule has 162 valence electrons. The summed E-state index contributed by atoms with van der Waals surface area (Å²) in [4.78, 5) is 2.65. The molecule has 7 heteroatoms. The number of rotatable bonds is 7. The van der Waals surface area contributed by atoms with Crippen LogP contribution in [0.1, 0.15) is 24.8 Å². The number of piperidine rings is 1. The molecule has 2 fully saturated rings. The van der Waals surface area contributed by atoms with Gasteiger partial charge in [-0.2, -0.15) is 4.31 Å². The Morgan fingerprint density at radius 1 is 0.900 bits per heavy atom. The smallest absolute Gasteiger partial charge is 0.243 e. The van der Waals surface area contributed by atoms with E-state index in [2.05, 4.69) is 22.3 Å². The molecule has 0 amide bonds. The van der Waals surface area contributed by atoms with Gasteiger partial charge in [0.25, 0.3) is 0 Å². The number of benzene rings is 2. The first kappa shape index (κ1) is 21.2. The lowest BCUT2D eigenvalue weighted by Crippen LogP contribution is -2.37. The number of morpholine rings is 1. The molecule has 2 aliphatic rings. The van der Waals surface area contributed by atoms with E-state index in [9.17, 15) is 8.42 Å². The Morgan fingerprint density at radius 3 is 2.37 bits per heavy atom. The maximum absolute atomic E-state index is 13.2. The fourth-order valence-electron chi connectivity index (χ4n) is 4.14. The predicted molar refractivity (Wildman–Crippen MR) is 121 cm³/mol. The van der Waals surface area contributed by atoms with Crippen LogP contribution < -0.4 is 10.2 Å². The van der Waals surface area contributed by atoms with Crippen LogP contribution in [-0.4, -0.2) is 58.7 Å². The molecule has 0 unspecified atom stereocenters.